The Hall–Kier alpha value is -2.68. The molecule has 172 valence electrons. The van der Waals surface area contributed by atoms with Crippen LogP contribution in [-0.2, 0) is 16.0 Å². The fraction of sp³-hybridized carbons (Fsp3) is 0.500. The maximum atomic E-state index is 13.2. The van der Waals surface area contributed by atoms with Gasteiger partial charge in [0, 0.05) is 24.4 Å². The number of nitrogens with two attached hydrogens (primary N) is 2. The summed E-state index contributed by atoms with van der Waals surface area (Å²) in [5, 5.41) is 1.44. The molecule has 5 N–H and O–H groups in total. The Morgan fingerprint density at radius 2 is 2.09 bits per heavy atom. The highest BCUT2D eigenvalue weighted by Gasteiger charge is 2.32. The molecule has 1 fully saturated rings. The monoisotopic (exact) mass is 438 g/mol. The second kappa shape index (κ2) is 9.85. The number of nitrogens with zero attached hydrogens (tertiary/aromatic N) is 3. The van der Waals surface area contributed by atoms with Crippen LogP contribution in [0.1, 0.15) is 43.2 Å². The van der Waals surface area contributed by atoms with Gasteiger partial charge in [0.25, 0.3) is 5.91 Å². The van der Waals surface area contributed by atoms with E-state index in [0.29, 0.717) is 25.6 Å². The lowest BCUT2D eigenvalue weighted by molar-refractivity contribution is -0.137. The van der Waals surface area contributed by atoms with Gasteiger partial charge in [-0.1, -0.05) is 25.0 Å². The minimum Gasteiger partial charge on any atom is -0.404 e. The molecule has 2 heterocycles. The Balaban J connectivity index is 1.46. The molecule has 4 rings (SSSR count). The summed E-state index contributed by atoms with van der Waals surface area (Å²) in [6.07, 6.45) is 11.3. The Morgan fingerprint density at radius 3 is 2.81 bits per heavy atom. The third-order valence-corrected chi connectivity index (χ3v) is 6.90. The predicted octanol–water partition coefficient (Wildman–Crippen LogP) is 1.33. The number of anilines is 1. The highest BCUT2D eigenvalue weighted by atomic mass is 16.2. The number of likely N-dealkylation sites (N-methyl/N-ethyl adjacent to an activating group) is 1. The highest BCUT2D eigenvalue weighted by Crippen LogP contribution is 2.35. The van der Waals surface area contributed by atoms with Crippen molar-refractivity contribution < 1.29 is 9.59 Å². The molecule has 0 aromatic heterocycles. The summed E-state index contributed by atoms with van der Waals surface area (Å²) in [6, 6.07) is 6.44. The minimum absolute atomic E-state index is 0.00969. The second-order valence-electron chi connectivity index (χ2n) is 8.79. The molecule has 1 aromatic rings. The standard InChI is InChI=1S/C24H34N6O2/c1-28(18-5-2-3-6-18)22-9-10-23(31)30(27-22)16-24(32)29-14-12-20-19(7-4-8-21(20)29)17(15-26)11-13-25/h4,7-10,15,18,22,27H,2-3,5-6,11-14,16,25-26H2,1H3/b17-15+. The summed E-state index contributed by atoms with van der Waals surface area (Å²) in [4.78, 5) is 29.8. The zero-order valence-corrected chi connectivity index (χ0v) is 18.8. The van der Waals surface area contributed by atoms with Crippen molar-refractivity contribution in [1.82, 2.24) is 15.3 Å². The molecular weight excluding hydrogens is 404 g/mol. The van der Waals surface area contributed by atoms with Gasteiger partial charge in [-0.3, -0.25) is 19.5 Å². The number of rotatable bonds is 7. The lowest BCUT2D eigenvalue weighted by atomic mass is 9.96. The molecule has 0 radical (unpaired) electrons. The van der Waals surface area contributed by atoms with E-state index < -0.39 is 0 Å². The first-order chi connectivity index (χ1) is 15.5. The molecule has 8 nitrogen and oxygen atoms in total. The van der Waals surface area contributed by atoms with Crippen LogP contribution in [0.4, 0.5) is 5.69 Å². The summed E-state index contributed by atoms with van der Waals surface area (Å²) < 4.78 is 0. The van der Waals surface area contributed by atoms with E-state index in [9.17, 15) is 9.59 Å². The zero-order chi connectivity index (χ0) is 22.7. The van der Waals surface area contributed by atoms with Crippen LogP contribution >= 0.6 is 0 Å². The topological polar surface area (TPSA) is 108 Å². The smallest absolute Gasteiger partial charge is 0.261 e. The number of fused-ring (bicyclic) bond motifs is 1. The molecule has 8 heteroatoms. The molecule has 0 bridgehead atoms. The molecule has 0 saturated heterocycles. The van der Waals surface area contributed by atoms with Crippen LogP contribution in [0.3, 0.4) is 0 Å². The number of benzene rings is 1. The van der Waals surface area contributed by atoms with E-state index in [0.717, 1.165) is 28.8 Å². The fourth-order valence-electron chi connectivity index (χ4n) is 5.10. The number of hydrogen-bond donors (Lipinski definition) is 3. The van der Waals surface area contributed by atoms with E-state index in [1.165, 1.54) is 30.7 Å². The van der Waals surface area contributed by atoms with Gasteiger partial charge in [0.05, 0.1) is 6.17 Å². The predicted molar refractivity (Wildman–Crippen MR) is 126 cm³/mol. The van der Waals surface area contributed by atoms with E-state index in [4.69, 9.17) is 11.5 Å². The van der Waals surface area contributed by atoms with Gasteiger partial charge in [0.1, 0.15) is 6.54 Å². The molecule has 2 aliphatic heterocycles. The molecule has 3 aliphatic rings. The van der Waals surface area contributed by atoms with Crippen molar-refractivity contribution in [2.45, 2.75) is 50.7 Å². The number of carbonyl (C=O) groups is 2. The van der Waals surface area contributed by atoms with Crippen molar-refractivity contribution in [3.8, 4) is 0 Å². The van der Waals surface area contributed by atoms with Crippen LogP contribution in [-0.4, -0.2) is 60.6 Å². The van der Waals surface area contributed by atoms with E-state index in [-0.39, 0.29) is 24.5 Å². The van der Waals surface area contributed by atoms with Gasteiger partial charge in [-0.25, -0.2) is 5.43 Å². The number of hydrogen-bond acceptors (Lipinski definition) is 6. The largest absolute Gasteiger partial charge is 0.404 e. The maximum Gasteiger partial charge on any atom is 0.261 e. The van der Waals surface area contributed by atoms with Crippen LogP contribution < -0.4 is 21.8 Å². The Morgan fingerprint density at radius 1 is 1.31 bits per heavy atom. The summed E-state index contributed by atoms with van der Waals surface area (Å²) in [5.41, 5.74) is 18.9. The van der Waals surface area contributed by atoms with E-state index >= 15 is 0 Å². The van der Waals surface area contributed by atoms with Crippen molar-refractivity contribution in [2.24, 2.45) is 11.5 Å². The summed E-state index contributed by atoms with van der Waals surface area (Å²) in [6.45, 7) is 1.10. The van der Waals surface area contributed by atoms with Crippen molar-refractivity contribution in [3.05, 3.63) is 47.7 Å². The van der Waals surface area contributed by atoms with Crippen LogP contribution in [0.25, 0.3) is 5.57 Å². The van der Waals surface area contributed by atoms with E-state index in [1.807, 2.05) is 24.3 Å². The Bertz CT molecular complexity index is 921. The van der Waals surface area contributed by atoms with Gasteiger partial charge >= 0.3 is 0 Å². The zero-order valence-electron chi connectivity index (χ0n) is 18.8. The molecular formula is C24H34N6O2. The van der Waals surface area contributed by atoms with Gasteiger partial charge in [-0.2, -0.15) is 0 Å². The quantitative estimate of drug-likeness (QED) is 0.593. The van der Waals surface area contributed by atoms with Crippen molar-refractivity contribution in [1.29, 1.82) is 0 Å². The summed E-state index contributed by atoms with van der Waals surface area (Å²) >= 11 is 0. The SMILES string of the molecule is CN(C1CCCC1)C1C=CC(=O)N(CC(=O)N2CCc3c(/C(=C/N)CCN)cccc32)N1. The van der Waals surface area contributed by atoms with E-state index in [2.05, 4.69) is 17.4 Å². The number of carbonyl (C=O) groups excluding carboxylic acids is 2. The van der Waals surface area contributed by atoms with Gasteiger partial charge in [0.2, 0.25) is 5.91 Å². The molecule has 1 atom stereocenters. The lowest BCUT2D eigenvalue weighted by Gasteiger charge is -2.38. The lowest BCUT2D eigenvalue weighted by Crippen LogP contribution is -2.59. The number of nitrogens with one attached hydrogen (secondary N) is 1. The van der Waals surface area contributed by atoms with Crippen LogP contribution in [0.2, 0.25) is 0 Å². The number of amides is 2. The summed E-state index contributed by atoms with van der Waals surface area (Å²) in [5.74, 6) is -0.296. The van der Waals surface area contributed by atoms with Gasteiger partial charge in [-0.15, -0.1) is 0 Å². The molecule has 1 unspecified atom stereocenters. The van der Waals surface area contributed by atoms with Crippen molar-refractivity contribution in [3.63, 3.8) is 0 Å². The van der Waals surface area contributed by atoms with Crippen LogP contribution in [0.5, 0.6) is 0 Å². The maximum absolute atomic E-state index is 13.2. The molecule has 2 amide bonds. The minimum atomic E-state index is -0.195. The van der Waals surface area contributed by atoms with Gasteiger partial charge in [-0.05, 0) is 74.3 Å². The fourth-order valence-corrected chi connectivity index (χ4v) is 5.10. The first-order valence-corrected chi connectivity index (χ1v) is 11.5. The third kappa shape index (κ3) is 4.44. The Labute approximate surface area is 189 Å². The molecule has 1 aliphatic carbocycles. The Kier molecular flexibility index (Phi) is 6.93. The average Bonchev–Trinajstić information content (AvgIpc) is 3.48. The third-order valence-electron chi connectivity index (χ3n) is 6.90. The highest BCUT2D eigenvalue weighted by molar-refractivity contribution is 6.00. The average molecular weight is 439 g/mol. The van der Waals surface area contributed by atoms with Crippen molar-refractivity contribution in [2.75, 3.05) is 31.6 Å². The first kappa shape index (κ1) is 22.5. The first-order valence-electron chi connectivity index (χ1n) is 11.5. The van der Waals surface area contributed by atoms with E-state index in [1.54, 1.807) is 17.2 Å². The van der Waals surface area contributed by atoms with Crippen molar-refractivity contribution >= 4 is 23.1 Å². The molecule has 32 heavy (non-hydrogen) atoms. The van der Waals surface area contributed by atoms with Gasteiger partial charge < -0.3 is 16.4 Å². The second-order valence-corrected chi connectivity index (χ2v) is 8.79. The normalized spacial score (nSPS) is 21.7. The van der Waals surface area contributed by atoms with Gasteiger partial charge in [0.15, 0.2) is 0 Å². The molecule has 0 spiro atoms. The summed E-state index contributed by atoms with van der Waals surface area (Å²) in [7, 11) is 2.08. The molecule has 1 saturated carbocycles. The molecule has 1 aromatic carbocycles. The van der Waals surface area contributed by atoms with Crippen LogP contribution in [0, 0.1) is 0 Å². The van der Waals surface area contributed by atoms with Crippen LogP contribution in [0.15, 0.2) is 36.6 Å². The number of hydrazine groups is 1.